The Kier molecular flexibility index (Phi) is 2.86. The normalized spacial score (nSPS) is 22.6. The van der Waals surface area contributed by atoms with E-state index in [4.69, 9.17) is 9.31 Å². The summed E-state index contributed by atoms with van der Waals surface area (Å²) in [6.45, 7) is 8.08. The molecule has 0 atom stereocenters. The zero-order valence-corrected chi connectivity index (χ0v) is 12.1. The zero-order chi connectivity index (χ0) is 14.5. The van der Waals surface area contributed by atoms with Crippen LogP contribution in [-0.4, -0.2) is 30.3 Å². The van der Waals surface area contributed by atoms with Gasteiger partial charge in [0.2, 0.25) is 0 Å². The van der Waals surface area contributed by atoms with Crippen molar-refractivity contribution in [3.63, 3.8) is 0 Å². The predicted molar refractivity (Wildman–Crippen MR) is 76.3 cm³/mol. The fraction of sp³-hybridized carbons (Fsp3) is 0.429. The van der Waals surface area contributed by atoms with Gasteiger partial charge < -0.3 is 9.31 Å². The fourth-order valence-corrected chi connectivity index (χ4v) is 2.34. The number of rotatable bonds is 2. The van der Waals surface area contributed by atoms with Crippen LogP contribution in [0.4, 0.5) is 5.69 Å². The molecule has 3 rings (SSSR count). The molecule has 1 saturated heterocycles. The van der Waals surface area contributed by atoms with E-state index in [1.807, 2.05) is 45.9 Å². The standard InChI is InChI=1S/C14H17BN2O3/c1-13(2)14(3,4)20-15(19-13)9-5-6-11-10(7-9)12(8-18)17-16-11/h5-8H,1-4H3,(H,16,17)/p+1. The van der Waals surface area contributed by atoms with Crippen molar-refractivity contribution in [1.29, 1.82) is 0 Å². The second-order valence-corrected chi connectivity index (χ2v) is 6.20. The molecule has 0 radical (unpaired) electrons. The summed E-state index contributed by atoms with van der Waals surface area (Å²) in [6, 6.07) is 5.82. The Morgan fingerprint density at radius 1 is 1.20 bits per heavy atom. The molecule has 104 valence electrons. The van der Waals surface area contributed by atoms with Crippen LogP contribution in [0, 0.1) is 0 Å². The summed E-state index contributed by atoms with van der Waals surface area (Å²) < 4.78 is 12.0. The molecule has 20 heavy (non-hydrogen) atoms. The van der Waals surface area contributed by atoms with Crippen molar-refractivity contribution in [2.24, 2.45) is 5.10 Å². The van der Waals surface area contributed by atoms with E-state index in [0.717, 1.165) is 23.0 Å². The Morgan fingerprint density at radius 2 is 1.85 bits per heavy atom. The Morgan fingerprint density at radius 3 is 2.45 bits per heavy atom. The highest BCUT2D eigenvalue weighted by atomic mass is 16.7. The van der Waals surface area contributed by atoms with Crippen molar-refractivity contribution in [1.82, 2.24) is 0 Å². The molecule has 0 unspecified atom stereocenters. The highest BCUT2D eigenvalue weighted by Gasteiger charge is 2.51. The minimum Gasteiger partial charge on any atom is -0.399 e. The zero-order valence-electron chi connectivity index (χ0n) is 12.1. The van der Waals surface area contributed by atoms with Crippen LogP contribution in [0.5, 0.6) is 0 Å². The van der Waals surface area contributed by atoms with Crippen molar-refractivity contribution < 1.29 is 19.5 Å². The maximum absolute atomic E-state index is 11.0. The molecule has 1 fully saturated rings. The highest BCUT2D eigenvalue weighted by molar-refractivity contribution is 6.62. The minimum atomic E-state index is -0.418. The summed E-state index contributed by atoms with van der Waals surface area (Å²) in [7, 11) is -0.418. The largest absolute Gasteiger partial charge is 0.494 e. The van der Waals surface area contributed by atoms with Crippen LogP contribution in [0.1, 0.15) is 33.3 Å². The van der Waals surface area contributed by atoms with Gasteiger partial charge in [-0.05, 0) is 39.2 Å². The number of aldehydes is 1. The summed E-state index contributed by atoms with van der Waals surface area (Å²) in [5.74, 6) is 0. The second-order valence-electron chi connectivity index (χ2n) is 6.20. The summed E-state index contributed by atoms with van der Waals surface area (Å²) in [6.07, 6.45) is 0.774. The van der Waals surface area contributed by atoms with E-state index in [2.05, 4.69) is 5.10 Å². The van der Waals surface area contributed by atoms with Crippen LogP contribution < -0.4 is 10.9 Å². The first kappa shape index (κ1) is 13.5. The van der Waals surface area contributed by atoms with Gasteiger partial charge in [-0.25, -0.2) is 0 Å². The molecule has 0 saturated carbocycles. The van der Waals surface area contributed by atoms with Crippen molar-refractivity contribution >= 4 is 30.3 Å². The number of nitrogens with zero attached hydrogens (tertiary/aromatic N) is 1. The van der Waals surface area contributed by atoms with E-state index in [9.17, 15) is 4.79 Å². The third-order valence-corrected chi connectivity index (χ3v) is 4.33. The van der Waals surface area contributed by atoms with Gasteiger partial charge in [0.25, 0.3) is 0 Å². The average Bonchev–Trinajstić information content (AvgIpc) is 2.87. The monoisotopic (exact) mass is 273 g/mol. The molecular weight excluding hydrogens is 255 g/mol. The molecule has 0 aliphatic carbocycles. The Labute approximate surface area is 118 Å². The van der Waals surface area contributed by atoms with Gasteiger partial charge >= 0.3 is 7.12 Å². The third kappa shape index (κ3) is 1.92. The van der Waals surface area contributed by atoms with Gasteiger partial charge in [-0.1, -0.05) is 11.2 Å². The van der Waals surface area contributed by atoms with Gasteiger partial charge in [0, 0.05) is 6.07 Å². The number of fused-ring (bicyclic) bond motifs is 1. The van der Waals surface area contributed by atoms with Crippen molar-refractivity contribution in [3.8, 4) is 0 Å². The molecule has 6 heteroatoms. The molecule has 1 aromatic rings. The van der Waals surface area contributed by atoms with E-state index in [0.29, 0.717) is 5.71 Å². The van der Waals surface area contributed by atoms with Gasteiger partial charge in [0.05, 0.1) is 16.8 Å². The summed E-state index contributed by atoms with van der Waals surface area (Å²) >= 11 is 0. The molecule has 0 bridgehead atoms. The molecule has 0 spiro atoms. The van der Waals surface area contributed by atoms with Crippen LogP contribution in [0.3, 0.4) is 0 Å². The topological polar surface area (TPSA) is 64.5 Å². The van der Waals surface area contributed by atoms with E-state index in [1.165, 1.54) is 0 Å². The molecule has 2 N–H and O–H groups in total. The van der Waals surface area contributed by atoms with Gasteiger partial charge in [0.15, 0.2) is 17.7 Å². The van der Waals surface area contributed by atoms with Gasteiger partial charge in [0.1, 0.15) is 0 Å². The van der Waals surface area contributed by atoms with Crippen LogP contribution in [0.15, 0.2) is 23.3 Å². The molecular formula is C14H18BN2O3+. The summed E-state index contributed by atoms with van der Waals surface area (Å²) in [5, 5.41) is 4.09. The quantitative estimate of drug-likeness (QED) is 0.359. The summed E-state index contributed by atoms with van der Waals surface area (Å²) in [4.78, 5) is 11.0. The van der Waals surface area contributed by atoms with Crippen molar-refractivity contribution in [3.05, 3.63) is 23.8 Å². The lowest BCUT2D eigenvalue weighted by atomic mass is 9.78. The average molecular weight is 273 g/mol. The summed E-state index contributed by atoms with van der Waals surface area (Å²) in [5.41, 5.74) is 4.12. The van der Waals surface area contributed by atoms with Crippen molar-refractivity contribution in [2.45, 2.75) is 38.9 Å². The highest BCUT2D eigenvalue weighted by Crippen LogP contribution is 2.36. The molecule has 0 amide bonds. The maximum Gasteiger partial charge on any atom is 0.494 e. The van der Waals surface area contributed by atoms with Gasteiger partial charge in [-0.3, -0.25) is 4.79 Å². The third-order valence-electron chi connectivity index (χ3n) is 4.33. The molecule has 2 aliphatic rings. The molecule has 5 nitrogen and oxygen atoms in total. The van der Waals surface area contributed by atoms with E-state index in [1.54, 1.807) is 5.43 Å². The first-order chi connectivity index (χ1) is 9.34. The number of quaternary nitrogens is 1. The number of carbonyl (C=O) groups is 1. The number of hydrogen-bond donors (Lipinski definition) is 1. The Bertz CT molecular complexity index is 594. The second kappa shape index (κ2) is 4.25. The van der Waals surface area contributed by atoms with Crippen molar-refractivity contribution in [2.75, 3.05) is 0 Å². The molecule has 0 aromatic heterocycles. The predicted octanol–water partition coefficient (Wildman–Crippen LogP) is 0.0973. The Hall–Kier alpha value is -1.50. The van der Waals surface area contributed by atoms with Crippen LogP contribution in [0.25, 0.3) is 0 Å². The maximum atomic E-state index is 11.0. The number of nitrogens with two attached hydrogens (primary N) is 1. The van der Waals surface area contributed by atoms with Gasteiger partial charge in [-0.2, -0.15) is 5.43 Å². The Balaban J connectivity index is 1.94. The molecule has 1 aromatic carbocycles. The van der Waals surface area contributed by atoms with E-state index < -0.39 is 7.12 Å². The lowest BCUT2D eigenvalue weighted by Crippen LogP contribution is -2.69. The lowest BCUT2D eigenvalue weighted by molar-refractivity contribution is -0.573. The number of hydrogen-bond acceptors (Lipinski definition) is 4. The van der Waals surface area contributed by atoms with E-state index >= 15 is 0 Å². The molecule has 2 heterocycles. The van der Waals surface area contributed by atoms with Gasteiger partial charge in [-0.15, -0.1) is 0 Å². The minimum absolute atomic E-state index is 0.371. The number of benzene rings is 1. The van der Waals surface area contributed by atoms with Crippen LogP contribution >= 0.6 is 0 Å². The SMILES string of the molecule is CC1(C)OB(c2ccc3c(c2)C(C=O)=N[NH2+]3)OC1(C)C. The van der Waals surface area contributed by atoms with Crippen LogP contribution in [-0.2, 0) is 14.1 Å². The lowest BCUT2D eigenvalue weighted by Gasteiger charge is -2.32. The fourth-order valence-electron chi connectivity index (χ4n) is 2.34. The van der Waals surface area contributed by atoms with E-state index in [-0.39, 0.29) is 11.2 Å². The smallest absolute Gasteiger partial charge is 0.399 e. The van der Waals surface area contributed by atoms with Crippen LogP contribution in [0.2, 0.25) is 0 Å². The first-order valence-corrected chi connectivity index (χ1v) is 6.70. The number of carbonyl (C=O) groups excluding carboxylic acids is 1. The first-order valence-electron chi connectivity index (χ1n) is 6.70. The molecule has 2 aliphatic heterocycles.